The fourth-order valence-electron chi connectivity index (χ4n) is 2.95. The summed E-state index contributed by atoms with van der Waals surface area (Å²) in [5.41, 5.74) is 1.51. The first-order valence-electron chi connectivity index (χ1n) is 8.29. The van der Waals surface area contributed by atoms with E-state index in [1.165, 1.54) is 4.57 Å². The average molecular weight is 342 g/mol. The van der Waals surface area contributed by atoms with Crippen molar-refractivity contribution in [1.82, 2.24) is 19.9 Å². The van der Waals surface area contributed by atoms with E-state index in [9.17, 15) is 9.59 Å². The van der Waals surface area contributed by atoms with E-state index in [1.54, 1.807) is 37.9 Å². The Bertz CT molecular complexity index is 819. The van der Waals surface area contributed by atoms with Gasteiger partial charge in [-0.15, -0.1) is 0 Å². The highest BCUT2D eigenvalue weighted by molar-refractivity contribution is 5.90. The summed E-state index contributed by atoms with van der Waals surface area (Å²) >= 11 is 0. The van der Waals surface area contributed by atoms with Crippen LogP contribution in [0.15, 0.2) is 35.6 Å². The van der Waals surface area contributed by atoms with E-state index in [1.807, 2.05) is 11.8 Å². The lowest BCUT2D eigenvalue weighted by Crippen LogP contribution is -2.50. The minimum absolute atomic E-state index is 0.0393. The molecule has 25 heavy (non-hydrogen) atoms. The zero-order valence-corrected chi connectivity index (χ0v) is 14.4. The summed E-state index contributed by atoms with van der Waals surface area (Å²) in [5, 5.41) is 5.82. The molecule has 2 amide bonds. The number of anilines is 2. The number of carbonyl (C=O) groups excluding carboxylic acids is 1. The monoisotopic (exact) mass is 342 g/mol. The van der Waals surface area contributed by atoms with Gasteiger partial charge in [-0.3, -0.25) is 9.78 Å². The third kappa shape index (κ3) is 3.96. The van der Waals surface area contributed by atoms with Gasteiger partial charge in [0.25, 0.3) is 5.56 Å². The summed E-state index contributed by atoms with van der Waals surface area (Å²) in [4.78, 5) is 34.6. The van der Waals surface area contributed by atoms with Crippen LogP contribution in [-0.2, 0) is 7.05 Å². The lowest BCUT2D eigenvalue weighted by Gasteiger charge is -2.33. The molecule has 0 unspecified atom stereocenters. The Morgan fingerprint density at radius 1 is 1.36 bits per heavy atom. The van der Waals surface area contributed by atoms with Crippen LogP contribution in [0.1, 0.15) is 18.4 Å². The van der Waals surface area contributed by atoms with Crippen molar-refractivity contribution in [2.45, 2.75) is 25.8 Å². The highest BCUT2D eigenvalue weighted by Crippen LogP contribution is 2.15. The number of amides is 2. The molecule has 3 heterocycles. The van der Waals surface area contributed by atoms with Gasteiger partial charge in [-0.2, -0.15) is 0 Å². The number of urea groups is 1. The second kappa shape index (κ2) is 7.33. The molecule has 0 aliphatic carbocycles. The zero-order chi connectivity index (χ0) is 17.8. The van der Waals surface area contributed by atoms with Crippen molar-refractivity contribution in [2.24, 2.45) is 7.05 Å². The van der Waals surface area contributed by atoms with Crippen LogP contribution in [0.2, 0.25) is 0 Å². The molecule has 0 aromatic carbocycles. The molecule has 0 spiro atoms. The summed E-state index contributed by atoms with van der Waals surface area (Å²) in [5.74, 6) is 0.432. The third-order valence-electron chi connectivity index (χ3n) is 4.32. The van der Waals surface area contributed by atoms with Crippen molar-refractivity contribution in [1.29, 1.82) is 0 Å². The molecular weight excluding hydrogens is 320 g/mol. The number of carbonyl (C=O) groups is 1. The lowest BCUT2D eigenvalue weighted by atomic mass is 10.1. The standard InChI is InChI=1S/C17H22N6O2/c1-12-10-18-6-5-14(12)21-17(25)20-13-4-3-8-23(11-13)15-16(24)22(2)9-7-19-15/h5-7,9-10,13H,3-4,8,11H2,1-2H3,(H2,18,20,21,25)/t13-/m0/s1. The molecule has 2 aromatic heterocycles. The molecule has 1 aliphatic heterocycles. The molecule has 8 nitrogen and oxygen atoms in total. The average Bonchev–Trinajstić information content (AvgIpc) is 2.59. The lowest BCUT2D eigenvalue weighted by molar-refractivity contribution is 0.246. The van der Waals surface area contributed by atoms with Gasteiger partial charge >= 0.3 is 6.03 Å². The Hall–Kier alpha value is -2.90. The quantitative estimate of drug-likeness (QED) is 0.876. The van der Waals surface area contributed by atoms with Crippen molar-refractivity contribution in [3.8, 4) is 0 Å². The van der Waals surface area contributed by atoms with Gasteiger partial charge in [-0.25, -0.2) is 9.78 Å². The van der Waals surface area contributed by atoms with Crippen LogP contribution in [0.4, 0.5) is 16.3 Å². The van der Waals surface area contributed by atoms with E-state index in [4.69, 9.17) is 0 Å². The number of rotatable bonds is 3. The fraction of sp³-hybridized carbons (Fsp3) is 0.412. The van der Waals surface area contributed by atoms with Crippen LogP contribution in [0, 0.1) is 6.92 Å². The van der Waals surface area contributed by atoms with Gasteiger partial charge in [0.05, 0.1) is 0 Å². The Morgan fingerprint density at radius 2 is 2.20 bits per heavy atom. The van der Waals surface area contributed by atoms with Gasteiger partial charge in [-0.05, 0) is 31.4 Å². The van der Waals surface area contributed by atoms with E-state index in [0.717, 1.165) is 30.6 Å². The van der Waals surface area contributed by atoms with Crippen LogP contribution >= 0.6 is 0 Å². The molecule has 3 rings (SSSR count). The van der Waals surface area contributed by atoms with E-state index < -0.39 is 0 Å². The minimum atomic E-state index is -0.255. The number of hydrogen-bond acceptors (Lipinski definition) is 5. The van der Waals surface area contributed by atoms with Gasteiger partial charge in [0.2, 0.25) is 0 Å². The van der Waals surface area contributed by atoms with Crippen LogP contribution < -0.4 is 21.1 Å². The Morgan fingerprint density at radius 3 is 3.00 bits per heavy atom. The first kappa shape index (κ1) is 16.9. The van der Waals surface area contributed by atoms with Crippen molar-refractivity contribution in [2.75, 3.05) is 23.3 Å². The maximum atomic E-state index is 12.3. The van der Waals surface area contributed by atoms with Gasteiger partial charge in [0, 0.05) is 56.7 Å². The molecular formula is C17H22N6O2. The van der Waals surface area contributed by atoms with Gasteiger partial charge in [-0.1, -0.05) is 0 Å². The maximum absolute atomic E-state index is 12.3. The van der Waals surface area contributed by atoms with Gasteiger partial charge in [0.15, 0.2) is 5.82 Å². The molecule has 1 fully saturated rings. The zero-order valence-electron chi connectivity index (χ0n) is 14.4. The minimum Gasteiger partial charge on any atom is -0.350 e. The smallest absolute Gasteiger partial charge is 0.319 e. The number of aryl methyl sites for hydroxylation is 2. The molecule has 1 atom stereocenters. The predicted molar refractivity (Wildman–Crippen MR) is 95.8 cm³/mol. The number of piperidine rings is 1. The number of hydrogen-bond donors (Lipinski definition) is 2. The highest BCUT2D eigenvalue weighted by atomic mass is 16.2. The maximum Gasteiger partial charge on any atom is 0.319 e. The van der Waals surface area contributed by atoms with Crippen LogP contribution in [0.5, 0.6) is 0 Å². The predicted octanol–water partition coefficient (Wildman–Crippen LogP) is 1.27. The highest BCUT2D eigenvalue weighted by Gasteiger charge is 2.24. The molecule has 1 saturated heterocycles. The number of nitrogens with zero attached hydrogens (tertiary/aromatic N) is 4. The van der Waals surface area contributed by atoms with E-state index in [2.05, 4.69) is 20.6 Å². The molecule has 132 valence electrons. The SMILES string of the molecule is Cc1cnccc1NC(=O)N[C@H]1CCCN(c2nccn(C)c2=O)C1. The second-order valence-corrected chi connectivity index (χ2v) is 6.24. The summed E-state index contributed by atoms with van der Waals surface area (Å²) in [7, 11) is 1.71. The topological polar surface area (TPSA) is 92.2 Å². The largest absolute Gasteiger partial charge is 0.350 e. The van der Waals surface area contributed by atoms with E-state index in [-0.39, 0.29) is 17.6 Å². The van der Waals surface area contributed by atoms with Gasteiger partial charge < -0.3 is 20.1 Å². The van der Waals surface area contributed by atoms with Crippen molar-refractivity contribution < 1.29 is 4.79 Å². The number of pyridine rings is 1. The fourth-order valence-corrected chi connectivity index (χ4v) is 2.95. The normalized spacial score (nSPS) is 17.2. The Kier molecular flexibility index (Phi) is 4.97. The van der Waals surface area contributed by atoms with Crippen LogP contribution in [0.25, 0.3) is 0 Å². The second-order valence-electron chi connectivity index (χ2n) is 6.24. The van der Waals surface area contributed by atoms with Crippen LogP contribution in [0.3, 0.4) is 0 Å². The van der Waals surface area contributed by atoms with Crippen molar-refractivity contribution in [3.05, 3.63) is 46.8 Å². The van der Waals surface area contributed by atoms with Gasteiger partial charge in [0.1, 0.15) is 0 Å². The van der Waals surface area contributed by atoms with Crippen molar-refractivity contribution in [3.63, 3.8) is 0 Å². The summed E-state index contributed by atoms with van der Waals surface area (Å²) in [6.45, 7) is 3.21. The summed E-state index contributed by atoms with van der Waals surface area (Å²) in [6.07, 6.45) is 8.35. The van der Waals surface area contributed by atoms with Crippen LogP contribution in [-0.4, -0.2) is 39.7 Å². The summed E-state index contributed by atoms with van der Waals surface area (Å²) < 4.78 is 1.51. The molecule has 0 radical (unpaired) electrons. The number of nitrogens with one attached hydrogen (secondary N) is 2. The molecule has 1 aliphatic rings. The number of aromatic nitrogens is 3. The third-order valence-corrected chi connectivity index (χ3v) is 4.32. The molecule has 0 bridgehead atoms. The summed E-state index contributed by atoms with van der Waals surface area (Å²) in [6, 6.07) is 1.47. The first-order chi connectivity index (χ1) is 12.0. The Labute approximate surface area is 145 Å². The first-order valence-corrected chi connectivity index (χ1v) is 8.29. The molecule has 2 aromatic rings. The van der Waals surface area contributed by atoms with Crippen molar-refractivity contribution >= 4 is 17.5 Å². The van der Waals surface area contributed by atoms with E-state index >= 15 is 0 Å². The molecule has 8 heteroatoms. The Balaban J connectivity index is 1.64. The molecule has 2 N–H and O–H groups in total. The van der Waals surface area contributed by atoms with E-state index in [0.29, 0.717) is 12.4 Å². The molecule has 0 saturated carbocycles.